The van der Waals surface area contributed by atoms with Crippen molar-refractivity contribution in [1.29, 1.82) is 0 Å². The quantitative estimate of drug-likeness (QED) is 0.349. The summed E-state index contributed by atoms with van der Waals surface area (Å²) < 4.78 is 11.0. The van der Waals surface area contributed by atoms with Gasteiger partial charge >= 0.3 is 11.9 Å². The molecular formula is C24H36O4. The van der Waals surface area contributed by atoms with Gasteiger partial charge in [0.15, 0.2) is 0 Å². The van der Waals surface area contributed by atoms with Gasteiger partial charge in [0.05, 0.1) is 13.2 Å². The first kappa shape index (κ1) is 20.0. The molecule has 4 bridgehead atoms. The normalized spacial score (nSPS) is 39.8. The largest absolute Gasteiger partial charge is 0.465 e. The summed E-state index contributed by atoms with van der Waals surface area (Å²) in [6.45, 7) is 9.21. The number of carbonyl (C=O) groups is 2. The van der Waals surface area contributed by atoms with Crippen LogP contribution in [0.5, 0.6) is 0 Å². The standard InChI is InChI=1S/C24H36O4/c1-13(2)11-27-21(25)9-17-18(10-22(26)28-12-14(3)4)20-8-19(17)23-15-5-6-16(7-15)24(20)23/h5-6,13-20,23-24H,7-12H2,1-4H3. The molecule has 0 saturated heterocycles. The van der Waals surface area contributed by atoms with Crippen LogP contribution in [0.1, 0.15) is 53.4 Å². The lowest BCUT2D eigenvalue weighted by molar-refractivity contribution is -0.151. The number of ether oxygens (including phenoxy) is 2. The van der Waals surface area contributed by atoms with Gasteiger partial charge in [0.1, 0.15) is 0 Å². The van der Waals surface area contributed by atoms with Crippen molar-refractivity contribution in [3.05, 3.63) is 12.2 Å². The highest BCUT2D eigenvalue weighted by molar-refractivity contribution is 5.71. The molecule has 0 aromatic rings. The Bertz CT molecular complexity index is 585. The monoisotopic (exact) mass is 388 g/mol. The summed E-state index contributed by atoms with van der Waals surface area (Å²) in [5.74, 6) is 5.11. The molecule has 0 heterocycles. The number of fused-ring (bicyclic) bond motifs is 9. The van der Waals surface area contributed by atoms with E-state index in [-0.39, 0.29) is 23.8 Å². The first-order valence-electron chi connectivity index (χ1n) is 11.3. The lowest BCUT2D eigenvalue weighted by Crippen LogP contribution is -2.39. The van der Waals surface area contributed by atoms with Crippen LogP contribution < -0.4 is 0 Å². The maximum Gasteiger partial charge on any atom is 0.306 e. The Kier molecular flexibility index (Phi) is 5.59. The summed E-state index contributed by atoms with van der Waals surface area (Å²) in [6, 6.07) is 0. The Morgan fingerprint density at radius 1 is 0.786 bits per heavy atom. The minimum atomic E-state index is -0.0814. The van der Waals surface area contributed by atoms with E-state index < -0.39 is 0 Å². The molecule has 3 saturated carbocycles. The fraction of sp³-hybridized carbons (Fsp3) is 0.833. The van der Waals surface area contributed by atoms with Crippen molar-refractivity contribution in [2.24, 2.45) is 59.2 Å². The SMILES string of the molecule is CC(C)COC(=O)CC1C(CC(=O)OCC(C)C)C2CC1C1C3C=CC(C3)C21. The molecule has 0 radical (unpaired) electrons. The Labute approximate surface area is 169 Å². The van der Waals surface area contributed by atoms with E-state index in [1.165, 1.54) is 12.8 Å². The van der Waals surface area contributed by atoms with Gasteiger partial charge in [-0.25, -0.2) is 0 Å². The number of allylic oxidation sites excluding steroid dienone is 2. The van der Waals surface area contributed by atoms with Crippen LogP contribution in [0.4, 0.5) is 0 Å². The lowest BCUT2D eigenvalue weighted by Gasteiger charge is -2.41. The summed E-state index contributed by atoms with van der Waals surface area (Å²) in [7, 11) is 0. The predicted octanol–water partition coefficient (Wildman–Crippen LogP) is 4.49. The molecule has 156 valence electrons. The Morgan fingerprint density at radius 3 is 1.61 bits per heavy atom. The van der Waals surface area contributed by atoms with Crippen LogP contribution in [0.15, 0.2) is 12.2 Å². The second-order valence-electron chi connectivity index (χ2n) is 10.6. The van der Waals surface area contributed by atoms with Gasteiger partial charge in [-0.15, -0.1) is 0 Å². The van der Waals surface area contributed by atoms with Gasteiger partial charge < -0.3 is 9.47 Å². The van der Waals surface area contributed by atoms with E-state index in [1.54, 1.807) is 0 Å². The smallest absolute Gasteiger partial charge is 0.306 e. The zero-order valence-electron chi connectivity index (χ0n) is 17.8. The van der Waals surface area contributed by atoms with E-state index >= 15 is 0 Å². The second kappa shape index (κ2) is 7.84. The molecule has 0 N–H and O–H groups in total. The number of hydrogen-bond acceptors (Lipinski definition) is 4. The lowest BCUT2D eigenvalue weighted by atomic mass is 9.63. The van der Waals surface area contributed by atoms with Crippen LogP contribution in [0, 0.1) is 59.2 Å². The molecule has 4 heteroatoms. The molecular weight excluding hydrogens is 352 g/mol. The molecule has 0 spiro atoms. The minimum Gasteiger partial charge on any atom is -0.465 e. The number of carbonyl (C=O) groups excluding carboxylic acids is 2. The van der Waals surface area contributed by atoms with Gasteiger partial charge in [0.25, 0.3) is 0 Å². The van der Waals surface area contributed by atoms with Gasteiger partial charge in [0, 0.05) is 12.8 Å². The summed E-state index contributed by atoms with van der Waals surface area (Å²) >= 11 is 0. The molecule has 4 rings (SSSR count). The van der Waals surface area contributed by atoms with Crippen LogP contribution in [0.3, 0.4) is 0 Å². The highest BCUT2D eigenvalue weighted by Gasteiger charge is 2.64. The summed E-state index contributed by atoms with van der Waals surface area (Å²) in [5, 5.41) is 0. The van der Waals surface area contributed by atoms with Gasteiger partial charge in [-0.3, -0.25) is 9.59 Å². The van der Waals surface area contributed by atoms with Gasteiger partial charge in [0.2, 0.25) is 0 Å². The molecule has 4 aliphatic carbocycles. The Morgan fingerprint density at radius 2 is 1.21 bits per heavy atom. The molecule has 3 fully saturated rings. The third-order valence-corrected chi connectivity index (χ3v) is 7.73. The van der Waals surface area contributed by atoms with Crippen LogP contribution in [0.25, 0.3) is 0 Å². The molecule has 0 amide bonds. The zero-order valence-corrected chi connectivity index (χ0v) is 17.8. The van der Waals surface area contributed by atoms with Gasteiger partial charge in [-0.1, -0.05) is 39.8 Å². The fourth-order valence-corrected chi connectivity index (χ4v) is 6.92. The fourth-order valence-electron chi connectivity index (χ4n) is 6.92. The minimum absolute atomic E-state index is 0.0814. The zero-order chi connectivity index (χ0) is 20.0. The highest BCUT2D eigenvalue weighted by atomic mass is 16.5. The second-order valence-corrected chi connectivity index (χ2v) is 10.6. The first-order valence-corrected chi connectivity index (χ1v) is 11.3. The molecule has 0 aromatic heterocycles. The van der Waals surface area contributed by atoms with Crippen molar-refractivity contribution in [3.8, 4) is 0 Å². The summed E-state index contributed by atoms with van der Waals surface area (Å²) in [4.78, 5) is 25.1. The molecule has 4 aliphatic rings. The summed E-state index contributed by atoms with van der Waals surface area (Å²) in [5.41, 5.74) is 0. The van der Waals surface area contributed by atoms with Crippen molar-refractivity contribution < 1.29 is 19.1 Å². The van der Waals surface area contributed by atoms with E-state index in [2.05, 4.69) is 39.8 Å². The Hall–Kier alpha value is -1.32. The van der Waals surface area contributed by atoms with E-state index in [0.29, 0.717) is 61.6 Å². The van der Waals surface area contributed by atoms with Crippen molar-refractivity contribution in [2.45, 2.75) is 53.4 Å². The van der Waals surface area contributed by atoms with Gasteiger partial charge in [-0.2, -0.15) is 0 Å². The van der Waals surface area contributed by atoms with Crippen molar-refractivity contribution in [2.75, 3.05) is 13.2 Å². The number of hydrogen-bond donors (Lipinski definition) is 0. The van der Waals surface area contributed by atoms with E-state index in [0.717, 1.165) is 11.8 Å². The van der Waals surface area contributed by atoms with E-state index in [4.69, 9.17) is 9.47 Å². The van der Waals surface area contributed by atoms with Crippen LogP contribution in [-0.2, 0) is 19.1 Å². The maximum atomic E-state index is 12.5. The topological polar surface area (TPSA) is 52.6 Å². The molecule has 0 aliphatic heterocycles. The first-order chi connectivity index (χ1) is 13.3. The Balaban J connectivity index is 1.46. The van der Waals surface area contributed by atoms with Crippen LogP contribution >= 0.6 is 0 Å². The molecule has 0 aromatic carbocycles. The third kappa shape index (κ3) is 3.64. The maximum absolute atomic E-state index is 12.5. The molecule has 8 unspecified atom stereocenters. The number of esters is 2. The molecule has 4 nitrogen and oxygen atoms in total. The summed E-state index contributed by atoms with van der Waals surface area (Å²) in [6.07, 6.45) is 8.27. The predicted molar refractivity (Wildman–Crippen MR) is 107 cm³/mol. The van der Waals surface area contributed by atoms with Crippen LogP contribution in [-0.4, -0.2) is 25.2 Å². The van der Waals surface area contributed by atoms with E-state index in [9.17, 15) is 9.59 Å². The van der Waals surface area contributed by atoms with E-state index in [1.807, 2.05) is 0 Å². The van der Waals surface area contributed by atoms with Crippen molar-refractivity contribution in [1.82, 2.24) is 0 Å². The molecule has 8 atom stereocenters. The highest BCUT2D eigenvalue weighted by Crippen LogP contribution is 2.69. The van der Waals surface area contributed by atoms with Gasteiger partial charge in [-0.05, 0) is 72.0 Å². The van der Waals surface area contributed by atoms with Crippen molar-refractivity contribution in [3.63, 3.8) is 0 Å². The average Bonchev–Trinajstić information content (AvgIpc) is 3.38. The van der Waals surface area contributed by atoms with Crippen LogP contribution in [0.2, 0.25) is 0 Å². The van der Waals surface area contributed by atoms with Crippen molar-refractivity contribution >= 4 is 11.9 Å². The molecule has 28 heavy (non-hydrogen) atoms. The average molecular weight is 389 g/mol. The number of rotatable bonds is 8. The third-order valence-electron chi connectivity index (χ3n) is 7.73.